The van der Waals surface area contributed by atoms with Crippen LogP contribution in [0.5, 0.6) is 5.75 Å². The minimum absolute atomic E-state index is 0.0717. The van der Waals surface area contributed by atoms with E-state index in [0.717, 1.165) is 29.7 Å². The van der Waals surface area contributed by atoms with Crippen LogP contribution in [-0.2, 0) is 6.54 Å². The molecular weight excluding hydrogens is 268 g/mol. The number of rotatable bonds is 7. The number of hydrogen-bond acceptors (Lipinski definition) is 3. The summed E-state index contributed by atoms with van der Waals surface area (Å²) in [4.78, 5) is 11.8. The van der Waals surface area contributed by atoms with Gasteiger partial charge in [0.1, 0.15) is 5.75 Å². The van der Waals surface area contributed by atoms with E-state index in [4.69, 9.17) is 4.74 Å². The molecule has 1 aliphatic carbocycles. The molecule has 0 radical (unpaired) electrons. The normalized spacial score (nSPS) is 15.4. The number of carbonyl (C=O) groups excluding carboxylic acids is 1. The fourth-order valence-corrected chi connectivity index (χ4v) is 2.17. The lowest BCUT2D eigenvalue weighted by atomic mass is 10.1. The Kier molecular flexibility index (Phi) is 5.07. The van der Waals surface area contributed by atoms with E-state index in [9.17, 15) is 9.90 Å². The first-order chi connectivity index (χ1) is 10.1. The molecule has 0 saturated heterocycles. The van der Waals surface area contributed by atoms with Crippen LogP contribution in [0.25, 0.3) is 0 Å². The van der Waals surface area contributed by atoms with Gasteiger partial charge in [-0.1, -0.05) is 12.1 Å². The van der Waals surface area contributed by atoms with E-state index in [1.807, 2.05) is 32.0 Å². The molecule has 1 aliphatic rings. The summed E-state index contributed by atoms with van der Waals surface area (Å²) in [6.45, 7) is 5.64. The second-order valence-corrected chi connectivity index (χ2v) is 5.74. The maximum Gasteiger partial charge on any atom is 0.315 e. The van der Waals surface area contributed by atoms with Gasteiger partial charge in [0.2, 0.25) is 0 Å². The van der Waals surface area contributed by atoms with E-state index in [0.29, 0.717) is 19.7 Å². The Morgan fingerprint density at radius 3 is 2.76 bits per heavy atom. The van der Waals surface area contributed by atoms with Gasteiger partial charge in [-0.05, 0) is 38.3 Å². The molecule has 2 amide bonds. The van der Waals surface area contributed by atoms with Crippen molar-refractivity contribution in [1.29, 1.82) is 0 Å². The second kappa shape index (κ2) is 6.80. The molecule has 1 fully saturated rings. The van der Waals surface area contributed by atoms with Gasteiger partial charge >= 0.3 is 6.03 Å². The van der Waals surface area contributed by atoms with Gasteiger partial charge < -0.3 is 20.5 Å². The maximum absolute atomic E-state index is 11.8. The average Bonchev–Trinajstić information content (AvgIpc) is 3.25. The summed E-state index contributed by atoms with van der Waals surface area (Å²) in [7, 11) is 0. The van der Waals surface area contributed by atoms with Gasteiger partial charge in [-0.15, -0.1) is 0 Å². The van der Waals surface area contributed by atoms with Crippen molar-refractivity contribution in [2.45, 2.75) is 33.2 Å². The topological polar surface area (TPSA) is 70.6 Å². The number of aryl methyl sites for hydroxylation is 1. The van der Waals surface area contributed by atoms with Gasteiger partial charge in [-0.2, -0.15) is 0 Å². The molecule has 0 aliphatic heterocycles. The van der Waals surface area contributed by atoms with Gasteiger partial charge in [0.25, 0.3) is 0 Å². The highest BCUT2D eigenvalue weighted by atomic mass is 16.5. The fraction of sp³-hybridized carbons (Fsp3) is 0.562. The number of hydrogen-bond donors (Lipinski definition) is 3. The van der Waals surface area contributed by atoms with E-state index < -0.39 is 0 Å². The van der Waals surface area contributed by atoms with Crippen LogP contribution in [0.4, 0.5) is 4.79 Å². The zero-order valence-corrected chi connectivity index (χ0v) is 12.7. The van der Waals surface area contributed by atoms with E-state index in [-0.39, 0.29) is 18.1 Å². The van der Waals surface area contributed by atoms with Crippen molar-refractivity contribution >= 4 is 6.03 Å². The van der Waals surface area contributed by atoms with E-state index >= 15 is 0 Å². The lowest BCUT2D eigenvalue weighted by Gasteiger charge is -2.15. The number of aliphatic hydroxyl groups is 1. The number of amides is 2. The van der Waals surface area contributed by atoms with Crippen molar-refractivity contribution in [2.24, 2.45) is 5.41 Å². The van der Waals surface area contributed by atoms with Crippen molar-refractivity contribution in [3.63, 3.8) is 0 Å². The first kappa shape index (κ1) is 15.6. The van der Waals surface area contributed by atoms with E-state index in [2.05, 4.69) is 10.6 Å². The predicted molar refractivity (Wildman–Crippen MR) is 81.3 cm³/mol. The van der Waals surface area contributed by atoms with Gasteiger partial charge in [-0.3, -0.25) is 0 Å². The van der Waals surface area contributed by atoms with Gasteiger partial charge in [-0.25, -0.2) is 4.79 Å². The Labute approximate surface area is 125 Å². The molecule has 1 aromatic carbocycles. The monoisotopic (exact) mass is 292 g/mol. The number of aliphatic hydroxyl groups excluding tert-OH is 1. The van der Waals surface area contributed by atoms with Gasteiger partial charge in [0.05, 0.1) is 13.2 Å². The Balaban J connectivity index is 1.83. The SMILES string of the molecule is CCOc1cc(C)ccc1CNC(=O)NCC1(CO)CC1. The highest BCUT2D eigenvalue weighted by Crippen LogP contribution is 2.44. The molecular formula is C16H24N2O3. The molecule has 5 heteroatoms. The van der Waals surface area contributed by atoms with Crippen LogP contribution in [-0.4, -0.2) is 30.9 Å². The quantitative estimate of drug-likeness (QED) is 0.719. The zero-order chi connectivity index (χ0) is 15.3. The molecule has 0 atom stereocenters. The standard InChI is InChI=1S/C16H24N2O3/c1-3-21-14-8-12(2)4-5-13(14)9-17-15(20)18-10-16(11-19)6-7-16/h4-5,8,19H,3,6-7,9-11H2,1-2H3,(H2,17,18,20). The Bertz CT molecular complexity index is 498. The highest BCUT2D eigenvalue weighted by molar-refractivity contribution is 5.74. The molecule has 3 N–H and O–H groups in total. The van der Waals surface area contributed by atoms with E-state index in [1.54, 1.807) is 0 Å². The molecule has 0 aromatic heterocycles. The van der Waals surface area contributed by atoms with Gasteiger partial charge in [0.15, 0.2) is 0 Å². The molecule has 1 saturated carbocycles. The molecule has 0 heterocycles. The van der Waals surface area contributed by atoms with Crippen LogP contribution in [0.15, 0.2) is 18.2 Å². The lowest BCUT2D eigenvalue weighted by Crippen LogP contribution is -2.39. The van der Waals surface area contributed by atoms with Crippen molar-refractivity contribution in [2.75, 3.05) is 19.8 Å². The van der Waals surface area contributed by atoms with Crippen LogP contribution in [0.2, 0.25) is 0 Å². The highest BCUT2D eigenvalue weighted by Gasteiger charge is 2.42. The maximum atomic E-state index is 11.8. The zero-order valence-electron chi connectivity index (χ0n) is 12.7. The first-order valence-electron chi connectivity index (χ1n) is 7.43. The minimum Gasteiger partial charge on any atom is -0.494 e. The largest absolute Gasteiger partial charge is 0.494 e. The van der Waals surface area contributed by atoms with Crippen molar-refractivity contribution in [3.05, 3.63) is 29.3 Å². The Morgan fingerprint density at radius 2 is 2.14 bits per heavy atom. The molecule has 1 aromatic rings. The summed E-state index contributed by atoms with van der Waals surface area (Å²) < 4.78 is 5.59. The second-order valence-electron chi connectivity index (χ2n) is 5.74. The third-order valence-electron chi connectivity index (χ3n) is 3.88. The minimum atomic E-state index is -0.210. The number of urea groups is 1. The number of carbonyl (C=O) groups is 1. The molecule has 21 heavy (non-hydrogen) atoms. The smallest absolute Gasteiger partial charge is 0.315 e. The number of nitrogens with one attached hydrogen (secondary N) is 2. The predicted octanol–water partition coefficient (Wildman–Crippen LogP) is 1.97. The third-order valence-corrected chi connectivity index (χ3v) is 3.88. The average molecular weight is 292 g/mol. The molecule has 2 rings (SSSR count). The third kappa shape index (κ3) is 4.36. The van der Waals surface area contributed by atoms with Gasteiger partial charge in [0, 0.05) is 24.1 Å². The van der Waals surface area contributed by atoms with Crippen LogP contribution >= 0.6 is 0 Å². The van der Waals surface area contributed by atoms with Crippen LogP contribution in [0, 0.1) is 12.3 Å². The molecule has 5 nitrogen and oxygen atoms in total. The summed E-state index contributed by atoms with van der Waals surface area (Å²) in [6.07, 6.45) is 1.96. The van der Waals surface area contributed by atoms with Crippen LogP contribution in [0.3, 0.4) is 0 Å². The molecule has 0 bridgehead atoms. The molecule has 116 valence electrons. The summed E-state index contributed by atoms with van der Waals surface area (Å²) in [5.41, 5.74) is 2.02. The Hall–Kier alpha value is -1.75. The van der Waals surface area contributed by atoms with Crippen molar-refractivity contribution in [1.82, 2.24) is 10.6 Å². The van der Waals surface area contributed by atoms with E-state index in [1.165, 1.54) is 0 Å². The first-order valence-corrected chi connectivity index (χ1v) is 7.43. The van der Waals surface area contributed by atoms with Crippen molar-refractivity contribution in [3.8, 4) is 5.75 Å². The lowest BCUT2D eigenvalue weighted by molar-refractivity contribution is 0.203. The Morgan fingerprint density at radius 1 is 1.38 bits per heavy atom. The summed E-state index contributed by atoms with van der Waals surface area (Å²) >= 11 is 0. The molecule has 0 unspecified atom stereocenters. The molecule has 0 spiro atoms. The summed E-state index contributed by atoms with van der Waals surface area (Å²) in [5.74, 6) is 0.812. The van der Waals surface area contributed by atoms with Crippen molar-refractivity contribution < 1.29 is 14.6 Å². The number of ether oxygens (including phenoxy) is 1. The summed E-state index contributed by atoms with van der Waals surface area (Å²) in [5, 5.41) is 14.9. The van der Waals surface area contributed by atoms with Crippen LogP contribution in [0.1, 0.15) is 30.9 Å². The summed E-state index contributed by atoms with van der Waals surface area (Å²) in [6, 6.07) is 5.74. The van der Waals surface area contributed by atoms with Crippen LogP contribution < -0.4 is 15.4 Å². The fourth-order valence-electron chi connectivity index (χ4n) is 2.17. The number of benzene rings is 1.